The highest BCUT2D eigenvalue weighted by Gasteiger charge is 2.15. The lowest BCUT2D eigenvalue weighted by molar-refractivity contribution is -0.384. The zero-order valence-electron chi connectivity index (χ0n) is 8.56. The van der Waals surface area contributed by atoms with E-state index < -0.39 is 4.92 Å². The molecule has 1 aromatic rings. The summed E-state index contributed by atoms with van der Waals surface area (Å²) in [6, 6.07) is 5.14. The van der Waals surface area contributed by atoms with Crippen LogP contribution >= 0.6 is 0 Å². The maximum Gasteiger partial charge on any atom is 0.295 e. The van der Waals surface area contributed by atoms with Crippen molar-refractivity contribution in [3.63, 3.8) is 0 Å². The van der Waals surface area contributed by atoms with Crippen molar-refractivity contribution in [2.75, 3.05) is 18.5 Å². The first-order valence-electron chi connectivity index (χ1n) is 4.75. The minimum Gasteiger partial charge on any atom is -0.396 e. The number of nitro groups is 1. The average molecular weight is 210 g/mol. The van der Waals surface area contributed by atoms with Crippen LogP contribution in [0.15, 0.2) is 18.2 Å². The summed E-state index contributed by atoms with van der Waals surface area (Å²) in [5.74, 6) is 0. The topological polar surface area (TPSA) is 75.4 Å². The van der Waals surface area contributed by atoms with Crippen LogP contribution in [0.4, 0.5) is 11.4 Å². The highest BCUT2D eigenvalue weighted by atomic mass is 16.6. The highest BCUT2D eigenvalue weighted by Crippen LogP contribution is 2.27. The Morgan fingerprint density at radius 2 is 2.27 bits per heavy atom. The molecule has 0 saturated carbocycles. The van der Waals surface area contributed by atoms with E-state index in [1.165, 1.54) is 0 Å². The molecule has 5 heteroatoms. The Hall–Kier alpha value is -1.62. The number of hydrogen-bond donors (Lipinski definition) is 2. The third-order valence-corrected chi connectivity index (χ3v) is 2.07. The van der Waals surface area contributed by atoms with Gasteiger partial charge in [-0.3, -0.25) is 10.1 Å². The average Bonchev–Trinajstić information content (AvgIpc) is 2.17. The number of nitrogens with one attached hydrogen (secondary N) is 1. The van der Waals surface area contributed by atoms with Gasteiger partial charge in [0.2, 0.25) is 0 Å². The van der Waals surface area contributed by atoms with E-state index in [1.54, 1.807) is 25.1 Å². The molecule has 82 valence electrons. The van der Waals surface area contributed by atoms with E-state index >= 15 is 0 Å². The van der Waals surface area contributed by atoms with Gasteiger partial charge in [0.1, 0.15) is 5.69 Å². The van der Waals surface area contributed by atoms with Crippen molar-refractivity contribution in [1.29, 1.82) is 0 Å². The van der Waals surface area contributed by atoms with Gasteiger partial charge >= 0.3 is 0 Å². The van der Waals surface area contributed by atoms with Crippen LogP contribution in [0.25, 0.3) is 0 Å². The second-order valence-electron chi connectivity index (χ2n) is 3.23. The van der Waals surface area contributed by atoms with E-state index in [1.807, 2.05) is 0 Å². The quantitative estimate of drug-likeness (QED) is 0.440. The molecular formula is C10H14N2O3. The van der Waals surface area contributed by atoms with E-state index in [-0.39, 0.29) is 12.3 Å². The lowest BCUT2D eigenvalue weighted by Crippen LogP contribution is -2.06. The van der Waals surface area contributed by atoms with E-state index in [4.69, 9.17) is 5.11 Å². The van der Waals surface area contributed by atoms with Crippen molar-refractivity contribution in [3.8, 4) is 0 Å². The van der Waals surface area contributed by atoms with Crippen molar-refractivity contribution in [2.45, 2.75) is 13.3 Å². The van der Waals surface area contributed by atoms with Gasteiger partial charge in [0.05, 0.1) is 4.92 Å². The maximum absolute atomic E-state index is 10.8. The Labute approximate surface area is 87.9 Å². The molecule has 0 fully saturated rings. The molecule has 0 spiro atoms. The molecule has 15 heavy (non-hydrogen) atoms. The third-order valence-electron chi connectivity index (χ3n) is 2.07. The number of nitrogens with zero attached hydrogens (tertiary/aromatic N) is 1. The summed E-state index contributed by atoms with van der Waals surface area (Å²) >= 11 is 0. The van der Waals surface area contributed by atoms with Crippen LogP contribution in [0.1, 0.15) is 12.0 Å². The molecular weight excluding hydrogens is 196 g/mol. The number of nitro benzene ring substituents is 1. The van der Waals surface area contributed by atoms with E-state index in [2.05, 4.69) is 5.32 Å². The van der Waals surface area contributed by atoms with Crippen LogP contribution in [0.5, 0.6) is 0 Å². The van der Waals surface area contributed by atoms with E-state index in [9.17, 15) is 10.1 Å². The molecule has 0 amide bonds. The zero-order valence-corrected chi connectivity index (χ0v) is 8.56. The van der Waals surface area contributed by atoms with Gasteiger partial charge in [-0.2, -0.15) is 0 Å². The summed E-state index contributed by atoms with van der Waals surface area (Å²) in [5.41, 5.74) is 1.25. The molecule has 0 aliphatic rings. The zero-order chi connectivity index (χ0) is 11.3. The summed E-state index contributed by atoms with van der Waals surface area (Å²) in [4.78, 5) is 10.4. The molecule has 0 atom stereocenters. The molecule has 0 aromatic heterocycles. The first kappa shape index (κ1) is 11.5. The fourth-order valence-electron chi connectivity index (χ4n) is 1.35. The Bertz CT molecular complexity index is 353. The lowest BCUT2D eigenvalue weighted by Gasteiger charge is -2.07. The van der Waals surface area contributed by atoms with Gasteiger partial charge in [0, 0.05) is 18.7 Å². The molecule has 5 nitrogen and oxygen atoms in total. The molecule has 0 radical (unpaired) electrons. The molecule has 0 saturated heterocycles. The number of hydrogen-bond acceptors (Lipinski definition) is 4. The first-order chi connectivity index (χ1) is 7.16. The van der Waals surface area contributed by atoms with Crippen molar-refractivity contribution in [3.05, 3.63) is 33.9 Å². The Morgan fingerprint density at radius 3 is 2.87 bits per heavy atom. The van der Waals surface area contributed by atoms with Crippen LogP contribution < -0.4 is 5.32 Å². The summed E-state index contributed by atoms with van der Waals surface area (Å²) < 4.78 is 0. The van der Waals surface area contributed by atoms with E-state index in [0.29, 0.717) is 24.2 Å². The van der Waals surface area contributed by atoms with Crippen LogP contribution in [0.2, 0.25) is 0 Å². The third kappa shape index (κ3) is 2.92. The number of anilines is 1. The van der Waals surface area contributed by atoms with Crippen molar-refractivity contribution >= 4 is 11.4 Å². The SMILES string of the molecule is Cc1cccc(NCCCO)c1[N+](=O)[O-]. The Kier molecular flexibility index (Phi) is 4.05. The number of rotatable bonds is 5. The van der Waals surface area contributed by atoms with Crippen LogP contribution in [-0.4, -0.2) is 23.2 Å². The molecule has 0 bridgehead atoms. The van der Waals surface area contributed by atoms with Crippen LogP contribution in [0.3, 0.4) is 0 Å². The van der Waals surface area contributed by atoms with Gasteiger partial charge in [-0.1, -0.05) is 12.1 Å². The molecule has 0 aliphatic carbocycles. The number of benzene rings is 1. The Morgan fingerprint density at radius 1 is 1.53 bits per heavy atom. The van der Waals surface area contributed by atoms with Gasteiger partial charge in [0.25, 0.3) is 5.69 Å². The van der Waals surface area contributed by atoms with Gasteiger partial charge in [-0.15, -0.1) is 0 Å². The van der Waals surface area contributed by atoms with Crippen LogP contribution in [-0.2, 0) is 0 Å². The summed E-state index contributed by atoms with van der Waals surface area (Å²) in [5, 5.41) is 22.3. The van der Waals surface area contributed by atoms with Crippen molar-refractivity contribution in [2.24, 2.45) is 0 Å². The van der Waals surface area contributed by atoms with Gasteiger partial charge < -0.3 is 10.4 Å². The maximum atomic E-state index is 10.8. The summed E-state index contributed by atoms with van der Waals surface area (Å²) in [7, 11) is 0. The summed E-state index contributed by atoms with van der Waals surface area (Å²) in [6.07, 6.45) is 0.575. The smallest absolute Gasteiger partial charge is 0.295 e. The largest absolute Gasteiger partial charge is 0.396 e. The number of aliphatic hydroxyl groups is 1. The fraction of sp³-hybridized carbons (Fsp3) is 0.400. The van der Waals surface area contributed by atoms with Crippen molar-refractivity contribution < 1.29 is 10.0 Å². The standard InChI is InChI=1S/C10H14N2O3/c1-8-4-2-5-9(10(8)12(14)15)11-6-3-7-13/h2,4-5,11,13H,3,6-7H2,1H3. The Balaban J connectivity index is 2.86. The second kappa shape index (κ2) is 5.31. The minimum atomic E-state index is -0.392. The predicted octanol–water partition coefficient (Wildman–Crippen LogP) is 1.70. The molecule has 0 heterocycles. The van der Waals surface area contributed by atoms with Crippen LogP contribution in [0, 0.1) is 17.0 Å². The number of para-hydroxylation sites is 1. The minimum absolute atomic E-state index is 0.0760. The predicted molar refractivity (Wildman–Crippen MR) is 58.0 cm³/mol. The molecule has 1 aromatic carbocycles. The number of aliphatic hydroxyl groups excluding tert-OH is 1. The molecule has 0 unspecified atom stereocenters. The lowest BCUT2D eigenvalue weighted by atomic mass is 10.1. The monoisotopic (exact) mass is 210 g/mol. The second-order valence-corrected chi connectivity index (χ2v) is 3.23. The fourth-order valence-corrected chi connectivity index (χ4v) is 1.35. The molecule has 2 N–H and O–H groups in total. The van der Waals surface area contributed by atoms with Crippen molar-refractivity contribution in [1.82, 2.24) is 0 Å². The van der Waals surface area contributed by atoms with Gasteiger partial charge in [0.15, 0.2) is 0 Å². The summed E-state index contributed by atoms with van der Waals surface area (Å²) in [6.45, 7) is 2.31. The number of aryl methyl sites for hydroxylation is 1. The normalized spacial score (nSPS) is 10.0. The molecule has 1 rings (SSSR count). The molecule has 0 aliphatic heterocycles. The first-order valence-corrected chi connectivity index (χ1v) is 4.75. The van der Waals surface area contributed by atoms with E-state index in [0.717, 1.165) is 0 Å². The highest BCUT2D eigenvalue weighted by molar-refractivity contribution is 5.64. The van der Waals surface area contributed by atoms with Gasteiger partial charge in [-0.25, -0.2) is 0 Å². The van der Waals surface area contributed by atoms with Gasteiger partial charge in [-0.05, 0) is 19.4 Å².